The van der Waals surface area contributed by atoms with Crippen LogP contribution in [0.15, 0.2) is 60.8 Å². The van der Waals surface area contributed by atoms with Crippen LogP contribution >= 0.6 is 0 Å². The lowest BCUT2D eigenvalue weighted by Gasteiger charge is -2.43. The summed E-state index contributed by atoms with van der Waals surface area (Å²) in [7, 11) is 0. The van der Waals surface area contributed by atoms with Crippen molar-refractivity contribution < 1.29 is 24.2 Å². The van der Waals surface area contributed by atoms with Crippen LogP contribution in [0.25, 0.3) is 10.9 Å². The maximum absolute atomic E-state index is 13.3. The van der Waals surface area contributed by atoms with Gasteiger partial charge < -0.3 is 15.1 Å². The van der Waals surface area contributed by atoms with E-state index in [1.165, 1.54) is 29.2 Å². The topological polar surface area (TPSA) is 90.7 Å². The van der Waals surface area contributed by atoms with Gasteiger partial charge in [-0.15, -0.1) is 0 Å². The summed E-state index contributed by atoms with van der Waals surface area (Å²) in [5, 5.41) is 21.4. The predicted octanol–water partition coefficient (Wildman–Crippen LogP) is 2.89. The van der Waals surface area contributed by atoms with Crippen molar-refractivity contribution in [1.29, 1.82) is 0 Å². The van der Waals surface area contributed by atoms with Crippen LogP contribution in [0, 0.1) is 11.2 Å². The number of carboxylic acids is 1. The SMILES string of the molecule is O=C(c1cccc2ncccc12)N1CC[C@H](O)[C@](Cc2ccc(F)cc2)(C(=O)O)C1. The number of fused-ring (bicyclic) bond motifs is 1. The van der Waals surface area contributed by atoms with Gasteiger partial charge >= 0.3 is 5.97 Å². The molecule has 2 atom stereocenters. The minimum absolute atomic E-state index is 0.00927. The molecule has 1 aliphatic rings. The van der Waals surface area contributed by atoms with Gasteiger partial charge in [-0.25, -0.2) is 4.39 Å². The molecule has 1 aliphatic heterocycles. The Bertz CT molecular complexity index is 1100. The van der Waals surface area contributed by atoms with Crippen LogP contribution in [0.3, 0.4) is 0 Å². The minimum atomic E-state index is -1.57. The highest BCUT2D eigenvalue weighted by Crippen LogP contribution is 2.36. The van der Waals surface area contributed by atoms with E-state index in [0.717, 1.165) is 0 Å². The molecule has 3 aromatic rings. The summed E-state index contributed by atoms with van der Waals surface area (Å²) >= 11 is 0. The Balaban J connectivity index is 1.67. The molecule has 2 heterocycles. The quantitative estimate of drug-likeness (QED) is 0.693. The number of pyridine rings is 1. The molecule has 4 rings (SSSR count). The number of aromatic nitrogens is 1. The molecule has 1 saturated heterocycles. The number of aliphatic carboxylic acids is 1. The van der Waals surface area contributed by atoms with E-state index in [4.69, 9.17) is 0 Å². The van der Waals surface area contributed by atoms with Crippen LogP contribution in [-0.2, 0) is 11.2 Å². The van der Waals surface area contributed by atoms with Gasteiger partial charge in [-0.2, -0.15) is 0 Å². The van der Waals surface area contributed by atoms with E-state index in [0.29, 0.717) is 22.0 Å². The number of aliphatic hydroxyl groups excluding tert-OH is 1. The zero-order valence-corrected chi connectivity index (χ0v) is 16.2. The Morgan fingerprint density at radius 3 is 2.63 bits per heavy atom. The van der Waals surface area contributed by atoms with Crippen molar-refractivity contribution in [1.82, 2.24) is 9.88 Å². The molecule has 0 radical (unpaired) electrons. The van der Waals surface area contributed by atoms with E-state index in [1.54, 1.807) is 30.5 Å². The van der Waals surface area contributed by atoms with Gasteiger partial charge in [0.05, 0.1) is 11.6 Å². The largest absolute Gasteiger partial charge is 0.481 e. The first-order chi connectivity index (χ1) is 14.4. The highest BCUT2D eigenvalue weighted by Gasteiger charge is 2.50. The molecule has 1 aromatic heterocycles. The molecule has 1 fully saturated rings. The average Bonchev–Trinajstić information content (AvgIpc) is 2.76. The molecular formula is C23H21FN2O4. The van der Waals surface area contributed by atoms with Gasteiger partial charge in [-0.05, 0) is 48.7 Å². The minimum Gasteiger partial charge on any atom is -0.481 e. The zero-order valence-electron chi connectivity index (χ0n) is 16.2. The summed E-state index contributed by atoms with van der Waals surface area (Å²) in [6.45, 7) is 0.103. The number of rotatable bonds is 4. The van der Waals surface area contributed by atoms with E-state index in [2.05, 4.69) is 4.98 Å². The number of nitrogens with zero attached hydrogens (tertiary/aromatic N) is 2. The van der Waals surface area contributed by atoms with Crippen molar-refractivity contribution in [2.24, 2.45) is 5.41 Å². The number of hydrogen-bond acceptors (Lipinski definition) is 4. The second kappa shape index (κ2) is 7.84. The standard InChI is InChI=1S/C23H21FN2O4/c24-16-8-6-15(7-9-16)13-23(22(29)30)14-26(12-10-20(23)27)21(28)18-3-1-5-19-17(18)4-2-11-25-19/h1-9,11,20,27H,10,12-14H2,(H,29,30)/t20-,23+/m0/s1. The van der Waals surface area contributed by atoms with E-state index >= 15 is 0 Å². The smallest absolute Gasteiger partial charge is 0.314 e. The average molecular weight is 408 g/mol. The monoisotopic (exact) mass is 408 g/mol. The van der Waals surface area contributed by atoms with Crippen molar-refractivity contribution in [2.75, 3.05) is 13.1 Å². The van der Waals surface area contributed by atoms with Gasteiger partial charge in [0.15, 0.2) is 0 Å². The lowest BCUT2D eigenvalue weighted by molar-refractivity contribution is -0.161. The fourth-order valence-corrected chi connectivity index (χ4v) is 4.14. The Hall–Kier alpha value is -3.32. The summed E-state index contributed by atoms with van der Waals surface area (Å²) < 4.78 is 13.3. The molecule has 2 aromatic carbocycles. The maximum Gasteiger partial charge on any atom is 0.314 e. The van der Waals surface area contributed by atoms with Crippen molar-refractivity contribution in [3.8, 4) is 0 Å². The predicted molar refractivity (Wildman–Crippen MR) is 108 cm³/mol. The summed E-state index contributed by atoms with van der Waals surface area (Å²) in [5.74, 6) is -1.91. The van der Waals surface area contributed by atoms with Crippen molar-refractivity contribution in [3.63, 3.8) is 0 Å². The zero-order chi connectivity index (χ0) is 21.3. The van der Waals surface area contributed by atoms with Gasteiger partial charge in [-0.3, -0.25) is 14.6 Å². The number of likely N-dealkylation sites (tertiary alicyclic amines) is 1. The van der Waals surface area contributed by atoms with Crippen LogP contribution in [0.5, 0.6) is 0 Å². The molecule has 0 aliphatic carbocycles. The summed E-state index contributed by atoms with van der Waals surface area (Å²) in [4.78, 5) is 31.3. The highest BCUT2D eigenvalue weighted by atomic mass is 19.1. The number of benzene rings is 2. The van der Waals surface area contributed by atoms with Crippen molar-refractivity contribution in [2.45, 2.75) is 18.9 Å². The molecule has 30 heavy (non-hydrogen) atoms. The Labute approximate surface area is 172 Å². The second-order valence-electron chi connectivity index (χ2n) is 7.67. The maximum atomic E-state index is 13.3. The van der Waals surface area contributed by atoms with Crippen LogP contribution < -0.4 is 0 Å². The lowest BCUT2D eigenvalue weighted by Crippen LogP contribution is -2.58. The molecule has 0 spiro atoms. The third kappa shape index (κ3) is 3.52. The summed E-state index contributed by atoms with van der Waals surface area (Å²) in [5.41, 5.74) is 0.130. The molecule has 0 bridgehead atoms. The van der Waals surface area contributed by atoms with Gasteiger partial charge in [0.25, 0.3) is 5.91 Å². The van der Waals surface area contributed by atoms with Gasteiger partial charge in [0.1, 0.15) is 11.2 Å². The first-order valence-corrected chi connectivity index (χ1v) is 9.70. The Morgan fingerprint density at radius 2 is 1.90 bits per heavy atom. The van der Waals surface area contributed by atoms with E-state index in [1.807, 2.05) is 6.07 Å². The molecule has 0 unspecified atom stereocenters. The fraction of sp³-hybridized carbons (Fsp3) is 0.261. The van der Waals surface area contributed by atoms with Gasteiger partial charge in [0.2, 0.25) is 0 Å². The van der Waals surface area contributed by atoms with Gasteiger partial charge in [-0.1, -0.05) is 24.3 Å². The Kier molecular flexibility index (Phi) is 5.22. The van der Waals surface area contributed by atoms with E-state index in [9.17, 15) is 24.2 Å². The number of carboxylic acid groups (broad SMARTS) is 1. The highest BCUT2D eigenvalue weighted by molar-refractivity contribution is 6.06. The van der Waals surface area contributed by atoms with Crippen LogP contribution in [0.4, 0.5) is 4.39 Å². The number of halogens is 1. The molecule has 0 saturated carbocycles. The Morgan fingerprint density at radius 1 is 1.13 bits per heavy atom. The van der Waals surface area contributed by atoms with Crippen LogP contribution in [-0.4, -0.2) is 51.2 Å². The number of amides is 1. The van der Waals surface area contributed by atoms with Crippen LogP contribution in [0.1, 0.15) is 22.3 Å². The molecule has 7 heteroatoms. The molecule has 154 valence electrons. The number of carbonyl (C=O) groups excluding carboxylic acids is 1. The molecule has 2 N–H and O–H groups in total. The fourth-order valence-electron chi connectivity index (χ4n) is 4.14. The van der Waals surface area contributed by atoms with Gasteiger partial charge in [0, 0.05) is 30.2 Å². The number of aliphatic hydroxyl groups is 1. The summed E-state index contributed by atoms with van der Waals surface area (Å²) in [6.07, 6.45) is 0.650. The number of carbonyl (C=O) groups is 2. The van der Waals surface area contributed by atoms with Crippen LogP contribution in [0.2, 0.25) is 0 Å². The normalized spacial score (nSPS) is 21.5. The molecule has 6 nitrogen and oxygen atoms in total. The van der Waals surface area contributed by atoms with Crippen molar-refractivity contribution in [3.05, 3.63) is 77.7 Å². The number of piperidine rings is 1. The first kappa shape index (κ1) is 20.0. The second-order valence-corrected chi connectivity index (χ2v) is 7.67. The van der Waals surface area contributed by atoms with Crippen molar-refractivity contribution >= 4 is 22.8 Å². The first-order valence-electron chi connectivity index (χ1n) is 9.70. The number of hydrogen-bond donors (Lipinski definition) is 2. The third-order valence-corrected chi connectivity index (χ3v) is 5.81. The molecule has 1 amide bonds. The molecular weight excluding hydrogens is 387 g/mol. The van der Waals surface area contributed by atoms with E-state index in [-0.39, 0.29) is 31.8 Å². The lowest BCUT2D eigenvalue weighted by atomic mass is 9.72. The van der Waals surface area contributed by atoms with E-state index < -0.39 is 23.3 Å². The third-order valence-electron chi connectivity index (χ3n) is 5.81. The summed E-state index contributed by atoms with van der Waals surface area (Å²) in [6, 6.07) is 14.3.